The highest BCUT2D eigenvalue weighted by molar-refractivity contribution is 9.10. The molecule has 2 unspecified atom stereocenters. The molecule has 0 radical (unpaired) electrons. The number of carboxylic acids is 1. The number of ether oxygens (including phenoxy) is 2. The van der Waals surface area contributed by atoms with Crippen molar-refractivity contribution in [1.82, 2.24) is 10.2 Å². The van der Waals surface area contributed by atoms with Gasteiger partial charge in [-0.05, 0) is 32.6 Å². The predicted octanol–water partition coefficient (Wildman–Crippen LogP) is 2.58. The van der Waals surface area contributed by atoms with Crippen LogP contribution < -0.4 is 14.8 Å². The first kappa shape index (κ1) is 19.4. The first-order chi connectivity index (χ1) is 11.4. The highest BCUT2D eigenvalue weighted by Gasteiger charge is 2.33. The Morgan fingerprint density at radius 2 is 2.25 bits per heavy atom. The molecule has 0 aromatic heterocycles. The molecular formula is C16H23BrN2O4S. The zero-order chi connectivity index (χ0) is 17.7. The van der Waals surface area contributed by atoms with Gasteiger partial charge in [0.2, 0.25) is 0 Å². The molecule has 2 rings (SSSR count). The van der Waals surface area contributed by atoms with Gasteiger partial charge >= 0.3 is 5.97 Å². The number of benzene rings is 1. The van der Waals surface area contributed by atoms with Crippen molar-refractivity contribution in [3.63, 3.8) is 0 Å². The molecule has 0 bridgehead atoms. The molecule has 0 saturated carbocycles. The molecular weight excluding hydrogens is 396 g/mol. The van der Waals surface area contributed by atoms with Gasteiger partial charge in [0.05, 0.1) is 19.1 Å². The van der Waals surface area contributed by atoms with Gasteiger partial charge in [0.1, 0.15) is 6.04 Å². The fraction of sp³-hybridized carbons (Fsp3) is 0.562. The van der Waals surface area contributed by atoms with Gasteiger partial charge in [-0.25, -0.2) is 0 Å². The number of aliphatic carboxylic acids is 1. The third-order valence-electron chi connectivity index (χ3n) is 3.63. The number of hydrogen-bond acceptors (Lipinski definition) is 6. The summed E-state index contributed by atoms with van der Waals surface area (Å²) < 4.78 is 12.3. The maximum Gasteiger partial charge on any atom is 0.321 e. The third-order valence-corrected chi connectivity index (χ3v) is 5.33. The molecule has 1 aromatic rings. The van der Waals surface area contributed by atoms with E-state index >= 15 is 0 Å². The van der Waals surface area contributed by atoms with Crippen molar-refractivity contribution < 1.29 is 19.4 Å². The maximum absolute atomic E-state index is 11.2. The van der Waals surface area contributed by atoms with Crippen LogP contribution in [0, 0.1) is 0 Å². The molecule has 0 spiro atoms. The van der Waals surface area contributed by atoms with E-state index in [2.05, 4.69) is 26.1 Å². The molecule has 24 heavy (non-hydrogen) atoms. The van der Waals surface area contributed by atoms with E-state index < -0.39 is 12.0 Å². The Labute approximate surface area is 155 Å². The number of hydrogen-bond donors (Lipinski definition) is 2. The standard InChI is InChI=1S/C16H23BrN2O4S/c1-19(2)5-4-6-23-14-11(7-10(17)8-13(14)22-3)15-18-12(9-24-15)16(20)21/h7-8,12,15,18H,4-6,9H2,1-3H3,(H,20,21). The molecule has 0 amide bonds. The van der Waals surface area contributed by atoms with E-state index in [-0.39, 0.29) is 5.37 Å². The van der Waals surface area contributed by atoms with Crippen LogP contribution in [-0.2, 0) is 4.79 Å². The SMILES string of the molecule is COc1cc(Br)cc(C2NC(C(=O)O)CS2)c1OCCCN(C)C. The number of halogens is 1. The third kappa shape index (κ3) is 5.02. The van der Waals surface area contributed by atoms with Crippen LogP contribution in [0.4, 0.5) is 0 Å². The van der Waals surface area contributed by atoms with Crippen molar-refractivity contribution in [3.8, 4) is 11.5 Å². The first-order valence-corrected chi connectivity index (χ1v) is 9.52. The van der Waals surface area contributed by atoms with Crippen LogP contribution in [0.25, 0.3) is 0 Å². The van der Waals surface area contributed by atoms with Crippen molar-refractivity contribution in [2.45, 2.75) is 17.8 Å². The smallest absolute Gasteiger partial charge is 0.321 e. The van der Waals surface area contributed by atoms with Gasteiger partial charge in [-0.3, -0.25) is 10.1 Å². The van der Waals surface area contributed by atoms with Crippen LogP contribution in [-0.4, -0.2) is 62.1 Å². The molecule has 2 N–H and O–H groups in total. The quantitative estimate of drug-likeness (QED) is 0.628. The largest absolute Gasteiger partial charge is 0.493 e. The summed E-state index contributed by atoms with van der Waals surface area (Å²) in [7, 11) is 5.65. The normalized spacial score (nSPS) is 20.4. The maximum atomic E-state index is 11.2. The molecule has 1 saturated heterocycles. The number of rotatable bonds is 8. The van der Waals surface area contributed by atoms with Crippen LogP contribution in [0.15, 0.2) is 16.6 Å². The van der Waals surface area contributed by atoms with Gasteiger partial charge in [0.25, 0.3) is 0 Å². The lowest BCUT2D eigenvalue weighted by Crippen LogP contribution is -2.33. The Bertz CT molecular complexity index is 585. The Kier molecular flexibility index (Phi) is 7.21. The van der Waals surface area contributed by atoms with Crippen LogP contribution in [0.2, 0.25) is 0 Å². The van der Waals surface area contributed by atoms with Crippen molar-refractivity contribution in [3.05, 3.63) is 22.2 Å². The van der Waals surface area contributed by atoms with E-state index in [0.717, 1.165) is 23.0 Å². The predicted molar refractivity (Wildman–Crippen MR) is 99.1 cm³/mol. The van der Waals surface area contributed by atoms with Gasteiger partial charge in [-0.2, -0.15) is 0 Å². The lowest BCUT2D eigenvalue weighted by atomic mass is 10.1. The number of carboxylic acid groups (broad SMARTS) is 1. The van der Waals surface area contributed by atoms with Gasteiger partial charge in [-0.15, -0.1) is 11.8 Å². The highest BCUT2D eigenvalue weighted by atomic mass is 79.9. The molecule has 2 atom stereocenters. The molecule has 1 heterocycles. The average Bonchev–Trinajstić information content (AvgIpc) is 3.01. The zero-order valence-corrected chi connectivity index (χ0v) is 16.4. The van der Waals surface area contributed by atoms with Crippen molar-refractivity contribution >= 4 is 33.7 Å². The number of nitrogens with zero attached hydrogens (tertiary/aromatic N) is 1. The minimum Gasteiger partial charge on any atom is -0.493 e. The van der Waals surface area contributed by atoms with Gasteiger partial charge < -0.3 is 19.5 Å². The first-order valence-electron chi connectivity index (χ1n) is 7.67. The minimum atomic E-state index is -0.833. The highest BCUT2D eigenvalue weighted by Crippen LogP contribution is 2.44. The van der Waals surface area contributed by atoms with Crippen molar-refractivity contribution in [2.75, 3.05) is 40.1 Å². The average molecular weight is 419 g/mol. The molecule has 1 aliphatic rings. The molecule has 1 aromatic carbocycles. The van der Waals surface area contributed by atoms with Crippen molar-refractivity contribution in [2.24, 2.45) is 0 Å². The Hall–Kier alpha value is -0.960. The fourth-order valence-corrected chi connectivity index (χ4v) is 4.13. The van der Waals surface area contributed by atoms with Gasteiger partial charge in [0, 0.05) is 22.3 Å². The molecule has 1 fully saturated rings. The summed E-state index contributed by atoms with van der Waals surface area (Å²) >= 11 is 5.05. The Morgan fingerprint density at radius 1 is 1.50 bits per heavy atom. The van der Waals surface area contributed by atoms with E-state index in [4.69, 9.17) is 9.47 Å². The van der Waals surface area contributed by atoms with Gasteiger partial charge in [-0.1, -0.05) is 15.9 Å². The molecule has 1 aliphatic heterocycles. The number of carbonyl (C=O) groups is 1. The topological polar surface area (TPSA) is 71.0 Å². The lowest BCUT2D eigenvalue weighted by Gasteiger charge is -2.20. The summed E-state index contributed by atoms with van der Waals surface area (Å²) in [6, 6.07) is 3.27. The van der Waals surface area contributed by atoms with Gasteiger partial charge in [0.15, 0.2) is 11.5 Å². The van der Waals surface area contributed by atoms with Crippen LogP contribution in [0.1, 0.15) is 17.4 Å². The van der Waals surface area contributed by atoms with E-state index in [0.29, 0.717) is 23.9 Å². The number of methoxy groups -OCH3 is 1. The second-order valence-corrected chi connectivity index (χ2v) is 7.86. The minimum absolute atomic E-state index is 0.138. The second kappa shape index (κ2) is 8.94. The van der Waals surface area contributed by atoms with Crippen LogP contribution in [0.3, 0.4) is 0 Å². The monoisotopic (exact) mass is 418 g/mol. The number of nitrogens with one attached hydrogen (secondary N) is 1. The summed E-state index contributed by atoms with van der Waals surface area (Å²) in [6.45, 7) is 1.51. The fourth-order valence-electron chi connectivity index (χ4n) is 2.44. The molecule has 8 heteroatoms. The molecule has 6 nitrogen and oxygen atoms in total. The van der Waals surface area contributed by atoms with Crippen LogP contribution in [0.5, 0.6) is 11.5 Å². The summed E-state index contributed by atoms with van der Waals surface area (Å²) in [5.41, 5.74) is 0.903. The summed E-state index contributed by atoms with van der Waals surface area (Å²) in [5, 5.41) is 12.2. The van der Waals surface area contributed by atoms with E-state index in [1.165, 1.54) is 0 Å². The Morgan fingerprint density at radius 3 is 2.83 bits per heavy atom. The van der Waals surface area contributed by atoms with E-state index in [1.807, 2.05) is 26.2 Å². The van der Waals surface area contributed by atoms with E-state index in [9.17, 15) is 9.90 Å². The zero-order valence-electron chi connectivity index (χ0n) is 14.0. The Balaban J connectivity index is 2.19. The van der Waals surface area contributed by atoms with E-state index in [1.54, 1.807) is 18.9 Å². The molecule has 0 aliphatic carbocycles. The lowest BCUT2D eigenvalue weighted by molar-refractivity contribution is -0.138. The molecule has 134 valence electrons. The van der Waals surface area contributed by atoms with Crippen molar-refractivity contribution in [1.29, 1.82) is 0 Å². The summed E-state index contributed by atoms with van der Waals surface area (Å²) in [5.74, 6) is 1.01. The summed E-state index contributed by atoms with van der Waals surface area (Å²) in [6.07, 6.45) is 0.897. The summed E-state index contributed by atoms with van der Waals surface area (Å²) in [4.78, 5) is 13.3. The number of thioether (sulfide) groups is 1. The van der Waals surface area contributed by atoms with Crippen LogP contribution >= 0.6 is 27.7 Å². The second-order valence-electron chi connectivity index (χ2n) is 5.80.